The van der Waals surface area contributed by atoms with Gasteiger partial charge in [-0.15, -0.1) is 0 Å². The summed E-state index contributed by atoms with van der Waals surface area (Å²) in [6.07, 6.45) is 0.0891. The SMILES string of the molecule is COC(=O)C1Oc2ccccc2N(S(=O)(=O)c2ccccc2)C12CC2. The number of hydrogen-bond acceptors (Lipinski definition) is 5. The van der Waals surface area contributed by atoms with E-state index in [1.54, 1.807) is 54.6 Å². The Labute approximate surface area is 146 Å². The van der Waals surface area contributed by atoms with Crippen molar-refractivity contribution in [2.75, 3.05) is 11.4 Å². The highest BCUT2D eigenvalue weighted by atomic mass is 32.2. The van der Waals surface area contributed by atoms with Gasteiger partial charge in [-0.1, -0.05) is 30.3 Å². The highest BCUT2D eigenvalue weighted by Gasteiger charge is 2.65. The van der Waals surface area contributed by atoms with Crippen molar-refractivity contribution in [3.8, 4) is 5.75 Å². The molecule has 1 aliphatic carbocycles. The molecule has 130 valence electrons. The van der Waals surface area contributed by atoms with E-state index in [1.165, 1.54) is 11.4 Å². The first-order valence-electron chi connectivity index (χ1n) is 7.95. The van der Waals surface area contributed by atoms with Crippen molar-refractivity contribution < 1.29 is 22.7 Å². The van der Waals surface area contributed by atoms with E-state index in [2.05, 4.69) is 0 Å². The second kappa shape index (κ2) is 5.49. The van der Waals surface area contributed by atoms with Gasteiger partial charge in [-0.2, -0.15) is 0 Å². The quantitative estimate of drug-likeness (QED) is 0.787. The lowest BCUT2D eigenvalue weighted by Crippen LogP contribution is -2.57. The molecule has 2 aromatic carbocycles. The first-order chi connectivity index (χ1) is 12.0. The highest BCUT2D eigenvalue weighted by Crippen LogP contribution is 2.55. The van der Waals surface area contributed by atoms with Gasteiger partial charge in [0.05, 0.1) is 17.7 Å². The number of ether oxygens (including phenoxy) is 2. The number of carbonyl (C=O) groups excluding carboxylic acids is 1. The topological polar surface area (TPSA) is 72.9 Å². The van der Waals surface area contributed by atoms with Crippen LogP contribution in [0.5, 0.6) is 5.75 Å². The van der Waals surface area contributed by atoms with Crippen molar-refractivity contribution >= 4 is 21.7 Å². The van der Waals surface area contributed by atoms with Crippen LogP contribution in [-0.2, 0) is 19.6 Å². The Balaban J connectivity index is 1.92. The zero-order valence-corrected chi connectivity index (χ0v) is 14.4. The van der Waals surface area contributed by atoms with Gasteiger partial charge in [0.1, 0.15) is 11.3 Å². The van der Waals surface area contributed by atoms with Crippen LogP contribution in [0.15, 0.2) is 59.5 Å². The zero-order valence-electron chi connectivity index (χ0n) is 13.6. The predicted octanol–water partition coefficient (Wildman–Crippen LogP) is 2.35. The molecule has 1 atom stereocenters. The van der Waals surface area contributed by atoms with Crippen molar-refractivity contribution in [2.24, 2.45) is 0 Å². The van der Waals surface area contributed by atoms with Crippen molar-refractivity contribution in [3.63, 3.8) is 0 Å². The number of fused-ring (bicyclic) bond motifs is 1. The van der Waals surface area contributed by atoms with Gasteiger partial charge in [0, 0.05) is 0 Å². The molecule has 1 unspecified atom stereocenters. The molecule has 4 rings (SSSR count). The number of anilines is 1. The van der Waals surface area contributed by atoms with Gasteiger partial charge >= 0.3 is 5.97 Å². The summed E-state index contributed by atoms with van der Waals surface area (Å²) in [5.41, 5.74) is -0.486. The third kappa shape index (κ3) is 2.30. The van der Waals surface area contributed by atoms with Gasteiger partial charge in [-0.05, 0) is 37.1 Å². The maximum Gasteiger partial charge on any atom is 0.349 e. The average Bonchev–Trinajstić information content (AvgIpc) is 3.41. The molecule has 0 bridgehead atoms. The first kappa shape index (κ1) is 16.0. The van der Waals surface area contributed by atoms with Crippen LogP contribution in [0.3, 0.4) is 0 Å². The van der Waals surface area contributed by atoms with Gasteiger partial charge < -0.3 is 9.47 Å². The molecule has 0 saturated heterocycles. The van der Waals surface area contributed by atoms with E-state index in [9.17, 15) is 13.2 Å². The lowest BCUT2D eigenvalue weighted by molar-refractivity contribution is -0.150. The molecule has 1 fully saturated rings. The molecule has 6 nitrogen and oxygen atoms in total. The van der Waals surface area contributed by atoms with E-state index in [-0.39, 0.29) is 4.90 Å². The number of nitrogens with zero attached hydrogens (tertiary/aromatic N) is 1. The Bertz CT molecular complexity index is 921. The van der Waals surface area contributed by atoms with Gasteiger partial charge in [0.25, 0.3) is 10.0 Å². The van der Waals surface area contributed by atoms with Crippen molar-refractivity contribution in [1.82, 2.24) is 0 Å². The molecule has 0 radical (unpaired) electrons. The lowest BCUT2D eigenvalue weighted by Gasteiger charge is -2.41. The molecule has 1 saturated carbocycles. The molecule has 1 aliphatic heterocycles. The molecule has 1 spiro atoms. The van der Waals surface area contributed by atoms with Crippen LogP contribution < -0.4 is 9.04 Å². The monoisotopic (exact) mass is 359 g/mol. The number of para-hydroxylation sites is 2. The smallest absolute Gasteiger partial charge is 0.349 e. The van der Waals surface area contributed by atoms with Gasteiger partial charge in [-0.3, -0.25) is 4.31 Å². The number of hydrogen-bond donors (Lipinski definition) is 0. The lowest BCUT2D eigenvalue weighted by atomic mass is 10.1. The molecule has 0 amide bonds. The molecule has 2 aromatic rings. The molecule has 0 aromatic heterocycles. The van der Waals surface area contributed by atoms with E-state index in [0.29, 0.717) is 24.3 Å². The fourth-order valence-corrected chi connectivity index (χ4v) is 5.22. The van der Waals surface area contributed by atoms with Crippen molar-refractivity contribution in [3.05, 3.63) is 54.6 Å². The number of rotatable bonds is 3. The van der Waals surface area contributed by atoms with E-state index in [0.717, 1.165) is 0 Å². The maximum atomic E-state index is 13.4. The van der Waals surface area contributed by atoms with Gasteiger partial charge in [0.2, 0.25) is 6.10 Å². The highest BCUT2D eigenvalue weighted by molar-refractivity contribution is 7.93. The number of sulfonamides is 1. The number of esters is 1. The van der Waals surface area contributed by atoms with Crippen LogP contribution in [-0.4, -0.2) is 33.1 Å². The van der Waals surface area contributed by atoms with Crippen LogP contribution in [0.2, 0.25) is 0 Å². The number of methoxy groups -OCH3 is 1. The average molecular weight is 359 g/mol. The predicted molar refractivity (Wildman–Crippen MR) is 90.9 cm³/mol. The van der Waals surface area contributed by atoms with E-state index in [1.807, 2.05) is 0 Å². The van der Waals surface area contributed by atoms with E-state index >= 15 is 0 Å². The van der Waals surface area contributed by atoms with Crippen LogP contribution in [0.4, 0.5) is 5.69 Å². The molecule has 2 aliphatic rings. The summed E-state index contributed by atoms with van der Waals surface area (Å²) in [5, 5.41) is 0. The summed E-state index contributed by atoms with van der Waals surface area (Å²) in [6, 6.07) is 15.1. The number of carbonyl (C=O) groups is 1. The van der Waals surface area contributed by atoms with Crippen LogP contribution in [0, 0.1) is 0 Å². The van der Waals surface area contributed by atoms with Crippen molar-refractivity contribution in [1.29, 1.82) is 0 Å². The minimum absolute atomic E-state index is 0.182. The molecule has 7 heteroatoms. The standard InChI is InChI=1S/C18H17NO5S/c1-23-17(20)16-18(11-12-18)19(14-9-5-6-10-15(14)24-16)25(21,22)13-7-3-2-4-8-13/h2-10,16H,11-12H2,1H3. The van der Waals surface area contributed by atoms with Crippen LogP contribution in [0.1, 0.15) is 12.8 Å². The van der Waals surface area contributed by atoms with E-state index in [4.69, 9.17) is 9.47 Å². The molecular formula is C18H17NO5S. The van der Waals surface area contributed by atoms with Crippen LogP contribution >= 0.6 is 0 Å². The fraction of sp³-hybridized carbons (Fsp3) is 0.278. The Morgan fingerprint density at radius 3 is 2.40 bits per heavy atom. The molecule has 25 heavy (non-hydrogen) atoms. The molecule has 1 heterocycles. The van der Waals surface area contributed by atoms with Crippen molar-refractivity contribution in [2.45, 2.75) is 29.4 Å². The summed E-state index contributed by atoms with van der Waals surface area (Å²) in [5.74, 6) is -0.213. The minimum Gasteiger partial charge on any atom is -0.474 e. The third-order valence-corrected chi connectivity index (χ3v) is 6.59. The minimum atomic E-state index is -3.85. The summed E-state index contributed by atoms with van der Waals surface area (Å²) in [6.45, 7) is 0. The normalized spacial score (nSPS) is 20.5. The summed E-state index contributed by atoms with van der Waals surface area (Å²) in [4.78, 5) is 12.5. The number of benzene rings is 2. The summed E-state index contributed by atoms with van der Waals surface area (Å²) in [7, 11) is -2.57. The largest absolute Gasteiger partial charge is 0.474 e. The van der Waals surface area contributed by atoms with Gasteiger partial charge in [0.15, 0.2) is 0 Å². The molecule has 0 N–H and O–H groups in total. The zero-order chi connectivity index (χ0) is 17.7. The first-order valence-corrected chi connectivity index (χ1v) is 9.39. The van der Waals surface area contributed by atoms with Crippen LogP contribution in [0.25, 0.3) is 0 Å². The Kier molecular flexibility index (Phi) is 3.50. The van der Waals surface area contributed by atoms with Gasteiger partial charge in [-0.25, -0.2) is 13.2 Å². The fourth-order valence-electron chi connectivity index (χ4n) is 3.34. The Morgan fingerprint density at radius 2 is 1.76 bits per heavy atom. The second-order valence-electron chi connectivity index (χ2n) is 6.17. The Morgan fingerprint density at radius 1 is 1.12 bits per heavy atom. The van der Waals surface area contributed by atoms with E-state index < -0.39 is 27.6 Å². The summed E-state index contributed by atoms with van der Waals surface area (Å²) < 4.78 is 38.8. The second-order valence-corrected chi connectivity index (χ2v) is 7.96. The third-order valence-electron chi connectivity index (χ3n) is 4.68. The Hall–Kier alpha value is -2.54. The maximum absolute atomic E-state index is 13.4. The summed E-state index contributed by atoms with van der Waals surface area (Å²) >= 11 is 0. The molecular weight excluding hydrogens is 342 g/mol.